The molecule has 0 unspecified atom stereocenters. The molecule has 21 heavy (non-hydrogen) atoms. The third-order valence-corrected chi connectivity index (χ3v) is 2.72. The van der Waals surface area contributed by atoms with E-state index in [1.165, 1.54) is 6.07 Å². The molecule has 7 heteroatoms. The van der Waals surface area contributed by atoms with Gasteiger partial charge in [-0.05, 0) is 30.2 Å². The maximum absolute atomic E-state index is 13.1. The Morgan fingerprint density at radius 1 is 1.14 bits per heavy atom. The van der Waals surface area contributed by atoms with E-state index >= 15 is 0 Å². The van der Waals surface area contributed by atoms with Crippen molar-refractivity contribution in [1.29, 1.82) is 0 Å². The quantitative estimate of drug-likeness (QED) is 0.822. The molecule has 1 aromatic carbocycles. The van der Waals surface area contributed by atoms with Gasteiger partial charge in [0.25, 0.3) is 0 Å². The first-order valence-electron chi connectivity index (χ1n) is 6.75. The van der Waals surface area contributed by atoms with Crippen LogP contribution >= 0.6 is 0 Å². The fourth-order valence-electron chi connectivity index (χ4n) is 1.69. The van der Waals surface area contributed by atoms with Crippen LogP contribution < -0.4 is 10.6 Å². The summed E-state index contributed by atoms with van der Waals surface area (Å²) in [5, 5.41) is 13.8. The highest BCUT2D eigenvalue weighted by atomic mass is 19.2. The Hall–Kier alpha value is -2.02. The highest BCUT2D eigenvalue weighted by Crippen LogP contribution is 2.11. The van der Waals surface area contributed by atoms with Crippen LogP contribution in [0.1, 0.15) is 25.3 Å². The zero-order valence-electron chi connectivity index (χ0n) is 12.0. The molecular formula is C14H18F2N4O. The van der Waals surface area contributed by atoms with Gasteiger partial charge in [-0.1, -0.05) is 25.0 Å². The molecule has 1 aromatic heterocycles. The minimum atomic E-state index is -0.876. The van der Waals surface area contributed by atoms with Crippen LogP contribution in [0.3, 0.4) is 0 Å². The molecule has 1 heterocycles. The Labute approximate surface area is 121 Å². The molecule has 2 aromatic rings. The molecule has 0 aliphatic carbocycles. The number of nitrogens with zero attached hydrogens (tertiary/aromatic N) is 2. The van der Waals surface area contributed by atoms with Crippen molar-refractivity contribution in [3.05, 3.63) is 41.3 Å². The second-order valence-corrected chi connectivity index (χ2v) is 5.13. The summed E-state index contributed by atoms with van der Waals surface area (Å²) < 4.78 is 31.2. The van der Waals surface area contributed by atoms with Crippen LogP contribution in [-0.2, 0) is 13.1 Å². The fraction of sp³-hybridized carbons (Fsp3) is 0.429. The highest BCUT2D eigenvalue weighted by molar-refractivity contribution is 5.24. The van der Waals surface area contributed by atoms with Crippen molar-refractivity contribution in [2.75, 3.05) is 11.9 Å². The second kappa shape index (κ2) is 7.12. The van der Waals surface area contributed by atoms with Crippen molar-refractivity contribution < 1.29 is 13.2 Å². The van der Waals surface area contributed by atoms with E-state index in [4.69, 9.17) is 4.42 Å². The molecule has 0 saturated heterocycles. The third-order valence-electron chi connectivity index (χ3n) is 2.72. The summed E-state index contributed by atoms with van der Waals surface area (Å²) in [7, 11) is 0. The molecule has 0 bridgehead atoms. The van der Waals surface area contributed by atoms with E-state index in [0.29, 0.717) is 23.9 Å². The molecule has 0 radical (unpaired) electrons. The van der Waals surface area contributed by atoms with E-state index in [0.717, 1.165) is 18.7 Å². The van der Waals surface area contributed by atoms with Crippen LogP contribution in [0.15, 0.2) is 22.6 Å². The van der Waals surface area contributed by atoms with Crippen LogP contribution in [-0.4, -0.2) is 16.7 Å². The minimum absolute atomic E-state index is 0.251. The molecular weight excluding hydrogens is 278 g/mol. The van der Waals surface area contributed by atoms with Gasteiger partial charge in [0.2, 0.25) is 5.89 Å². The first-order valence-corrected chi connectivity index (χ1v) is 6.75. The summed E-state index contributed by atoms with van der Waals surface area (Å²) in [6, 6.07) is 3.96. The zero-order valence-corrected chi connectivity index (χ0v) is 12.0. The zero-order chi connectivity index (χ0) is 15.2. The van der Waals surface area contributed by atoms with Crippen molar-refractivity contribution in [2.45, 2.75) is 26.9 Å². The summed E-state index contributed by atoms with van der Waals surface area (Å²) in [5.74, 6) is -0.726. The van der Waals surface area contributed by atoms with Crippen molar-refractivity contribution in [2.24, 2.45) is 5.92 Å². The monoisotopic (exact) mass is 296 g/mol. The average molecular weight is 296 g/mol. The fourth-order valence-corrected chi connectivity index (χ4v) is 1.69. The molecule has 0 saturated carbocycles. The highest BCUT2D eigenvalue weighted by Gasteiger charge is 2.07. The number of aromatic nitrogens is 2. The number of nitrogens with one attached hydrogen (secondary N) is 2. The van der Waals surface area contributed by atoms with Crippen LogP contribution in [0.25, 0.3) is 0 Å². The molecule has 0 amide bonds. The molecule has 2 rings (SSSR count). The van der Waals surface area contributed by atoms with Gasteiger partial charge < -0.3 is 15.1 Å². The van der Waals surface area contributed by atoms with E-state index in [9.17, 15) is 8.78 Å². The minimum Gasteiger partial charge on any atom is -0.407 e. The largest absolute Gasteiger partial charge is 0.407 e. The Bertz CT molecular complexity index is 586. The standard InChI is InChI=1S/C14H18F2N4O/c1-9(2)6-17-8-13-19-20-14(21-13)18-7-10-3-4-11(15)12(16)5-10/h3-5,9,17H,6-8H2,1-2H3,(H,18,20). The van der Waals surface area contributed by atoms with Gasteiger partial charge in [-0.3, -0.25) is 0 Å². The normalized spacial score (nSPS) is 11.1. The van der Waals surface area contributed by atoms with E-state index in [2.05, 4.69) is 34.7 Å². The van der Waals surface area contributed by atoms with Gasteiger partial charge >= 0.3 is 6.01 Å². The SMILES string of the molecule is CC(C)CNCc1nnc(NCc2ccc(F)c(F)c2)o1. The molecule has 0 aliphatic rings. The van der Waals surface area contributed by atoms with Gasteiger partial charge in [-0.2, -0.15) is 0 Å². The number of hydrogen-bond acceptors (Lipinski definition) is 5. The van der Waals surface area contributed by atoms with Gasteiger partial charge in [0.15, 0.2) is 11.6 Å². The summed E-state index contributed by atoms with van der Waals surface area (Å²) in [6.45, 7) is 5.85. The summed E-state index contributed by atoms with van der Waals surface area (Å²) in [4.78, 5) is 0. The average Bonchev–Trinajstić information content (AvgIpc) is 2.88. The third kappa shape index (κ3) is 4.78. The van der Waals surface area contributed by atoms with Gasteiger partial charge in [0, 0.05) is 6.54 Å². The predicted octanol–water partition coefficient (Wildman–Crippen LogP) is 2.71. The van der Waals surface area contributed by atoms with Crippen molar-refractivity contribution in [3.8, 4) is 0 Å². The number of anilines is 1. The topological polar surface area (TPSA) is 63.0 Å². The maximum atomic E-state index is 13.1. The molecule has 0 aliphatic heterocycles. The van der Waals surface area contributed by atoms with Crippen molar-refractivity contribution in [1.82, 2.24) is 15.5 Å². The number of halogens is 2. The molecule has 0 fully saturated rings. The number of hydrogen-bond donors (Lipinski definition) is 2. The Morgan fingerprint density at radius 2 is 1.95 bits per heavy atom. The molecule has 114 valence electrons. The first-order chi connectivity index (χ1) is 10.0. The first kappa shape index (κ1) is 15.4. The summed E-state index contributed by atoms with van der Waals surface area (Å²) >= 11 is 0. The van der Waals surface area contributed by atoms with Crippen LogP contribution in [0, 0.1) is 17.6 Å². The Kier molecular flexibility index (Phi) is 5.21. The van der Waals surface area contributed by atoms with Crippen molar-refractivity contribution >= 4 is 6.01 Å². The summed E-state index contributed by atoms with van der Waals surface area (Å²) in [5.41, 5.74) is 0.589. The van der Waals surface area contributed by atoms with Crippen molar-refractivity contribution in [3.63, 3.8) is 0 Å². The van der Waals surface area contributed by atoms with E-state index in [1.54, 1.807) is 0 Å². The lowest BCUT2D eigenvalue weighted by molar-refractivity contribution is 0.458. The lowest BCUT2D eigenvalue weighted by atomic mass is 10.2. The van der Waals surface area contributed by atoms with E-state index in [-0.39, 0.29) is 12.6 Å². The second-order valence-electron chi connectivity index (χ2n) is 5.13. The van der Waals surface area contributed by atoms with Gasteiger partial charge in [0.1, 0.15) is 0 Å². The molecule has 5 nitrogen and oxygen atoms in total. The van der Waals surface area contributed by atoms with Crippen LogP contribution in [0.4, 0.5) is 14.8 Å². The number of benzene rings is 1. The van der Waals surface area contributed by atoms with Gasteiger partial charge in [-0.25, -0.2) is 8.78 Å². The van der Waals surface area contributed by atoms with Gasteiger partial charge in [-0.15, -0.1) is 5.10 Å². The van der Waals surface area contributed by atoms with E-state index < -0.39 is 11.6 Å². The van der Waals surface area contributed by atoms with Crippen LogP contribution in [0.2, 0.25) is 0 Å². The molecule has 0 atom stereocenters. The lowest BCUT2D eigenvalue weighted by Crippen LogP contribution is -2.19. The number of rotatable bonds is 7. The molecule has 0 spiro atoms. The lowest BCUT2D eigenvalue weighted by Gasteiger charge is -2.04. The smallest absolute Gasteiger partial charge is 0.315 e. The predicted molar refractivity (Wildman–Crippen MR) is 74.5 cm³/mol. The Balaban J connectivity index is 1.83. The molecule has 2 N–H and O–H groups in total. The Morgan fingerprint density at radius 3 is 2.67 bits per heavy atom. The summed E-state index contributed by atoms with van der Waals surface area (Å²) in [6.07, 6.45) is 0. The van der Waals surface area contributed by atoms with E-state index in [1.807, 2.05) is 0 Å². The maximum Gasteiger partial charge on any atom is 0.315 e. The van der Waals surface area contributed by atoms with Crippen LogP contribution in [0.5, 0.6) is 0 Å². The van der Waals surface area contributed by atoms with Gasteiger partial charge in [0.05, 0.1) is 6.54 Å².